The van der Waals surface area contributed by atoms with Crippen molar-refractivity contribution in [2.24, 2.45) is 0 Å². The predicted octanol–water partition coefficient (Wildman–Crippen LogP) is 1.92. The molecule has 0 radical (unpaired) electrons. The monoisotopic (exact) mass is 216 g/mol. The van der Waals surface area contributed by atoms with Crippen molar-refractivity contribution in [3.63, 3.8) is 0 Å². The maximum absolute atomic E-state index is 12.9. The summed E-state index contributed by atoms with van der Waals surface area (Å²) in [7, 11) is 0. The Hall–Kier alpha value is -1.49. The van der Waals surface area contributed by atoms with Crippen LogP contribution in [0.5, 0.6) is 0 Å². The lowest BCUT2D eigenvalue weighted by Crippen LogP contribution is -2.13. The maximum atomic E-state index is 12.9. The first-order valence-electron chi connectivity index (χ1n) is 4.21. The van der Waals surface area contributed by atoms with E-state index in [1.54, 1.807) is 0 Å². The molecule has 0 aliphatic rings. The number of alkyl halides is 2. The molecular formula is C10H10F2O3. The quantitative estimate of drug-likeness (QED) is 0.811. The smallest absolute Gasteiger partial charge is 0.337 e. The molecule has 2 N–H and O–H groups in total. The Morgan fingerprint density at radius 2 is 2.07 bits per heavy atom. The van der Waals surface area contributed by atoms with E-state index in [0.29, 0.717) is 6.92 Å². The van der Waals surface area contributed by atoms with E-state index < -0.39 is 18.0 Å². The minimum atomic E-state index is -3.05. The van der Waals surface area contributed by atoms with Crippen LogP contribution < -0.4 is 0 Å². The van der Waals surface area contributed by atoms with Crippen LogP contribution in [0.25, 0.3) is 0 Å². The molecule has 0 saturated carbocycles. The Morgan fingerprint density at radius 1 is 1.47 bits per heavy atom. The predicted molar refractivity (Wildman–Crippen MR) is 48.6 cm³/mol. The largest absolute Gasteiger partial charge is 0.479 e. The van der Waals surface area contributed by atoms with E-state index in [0.717, 1.165) is 6.07 Å². The first kappa shape index (κ1) is 11.6. The summed E-state index contributed by atoms with van der Waals surface area (Å²) in [5.74, 6) is -4.51. The fraction of sp³-hybridized carbons (Fsp3) is 0.300. The van der Waals surface area contributed by atoms with Crippen molar-refractivity contribution >= 4 is 5.97 Å². The van der Waals surface area contributed by atoms with Crippen molar-refractivity contribution in [2.75, 3.05) is 0 Å². The molecule has 1 aromatic rings. The second-order valence-corrected chi connectivity index (χ2v) is 3.25. The first-order valence-corrected chi connectivity index (χ1v) is 4.21. The summed E-state index contributed by atoms with van der Waals surface area (Å²) in [6.45, 7) is 0.708. The highest BCUT2D eigenvalue weighted by Gasteiger charge is 2.26. The van der Waals surface area contributed by atoms with Crippen LogP contribution in [0.15, 0.2) is 24.3 Å². The van der Waals surface area contributed by atoms with Gasteiger partial charge in [0, 0.05) is 12.5 Å². The van der Waals surface area contributed by atoms with Crippen molar-refractivity contribution < 1.29 is 23.8 Å². The summed E-state index contributed by atoms with van der Waals surface area (Å²) in [6.07, 6.45) is -1.77. The van der Waals surface area contributed by atoms with Gasteiger partial charge in [0.2, 0.25) is 0 Å². The second kappa shape index (κ2) is 3.94. The van der Waals surface area contributed by atoms with Crippen molar-refractivity contribution in [1.29, 1.82) is 0 Å². The Morgan fingerprint density at radius 3 is 2.53 bits per heavy atom. The van der Waals surface area contributed by atoms with Gasteiger partial charge >= 0.3 is 5.97 Å². The SMILES string of the molecule is CC(F)(F)c1cccc(C(O)C(=O)O)c1. The molecule has 1 unspecified atom stereocenters. The van der Waals surface area contributed by atoms with Crippen molar-refractivity contribution in [1.82, 2.24) is 0 Å². The van der Waals surface area contributed by atoms with E-state index in [4.69, 9.17) is 10.2 Å². The number of carboxylic acids is 1. The van der Waals surface area contributed by atoms with Gasteiger partial charge in [0.1, 0.15) is 0 Å². The second-order valence-electron chi connectivity index (χ2n) is 3.25. The van der Waals surface area contributed by atoms with Crippen molar-refractivity contribution in [3.8, 4) is 0 Å². The van der Waals surface area contributed by atoms with Gasteiger partial charge in [-0.15, -0.1) is 0 Å². The average molecular weight is 216 g/mol. The molecule has 0 aliphatic carbocycles. The van der Waals surface area contributed by atoms with Gasteiger partial charge in [-0.25, -0.2) is 13.6 Å². The molecule has 1 atom stereocenters. The van der Waals surface area contributed by atoms with Crippen LogP contribution in [0.1, 0.15) is 24.2 Å². The number of aliphatic carboxylic acids is 1. The van der Waals surface area contributed by atoms with Gasteiger partial charge in [0.15, 0.2) is 6.10 Å². The molecule has 0 aliphatic heterocycles. The van der Waals surface area contributed by atoms with E-state index in [2.05, 4.69) is 0 Å². The molecule has 15 heavy (non-hydrogen) atoms. The molecule has 5 heteroatoms. The molecule has 1 aromatic carbocycles. The number of carboxylic acid groups (broad SMARTS) is 1. The minimum absolute atomic E-state index is 0.0541. The molecule has 3 nitrogen and oxygen atoms in total. The third-order valence-corrected chi connectivity index (χ3v) is 1.94. The highest BCUT2D eigenvalue weighted by molar-refractivity contribution is 5.74. The van der Waals surface area contributed by atoms with E-state index in [1.807, 2.05) is 0 Å². The van der Waals surface area contributed by atoms with Crippen LogP contribution in [0.3, 0.4) is 0 Å². The zero-order valence-electron chi connectivity index (χ0n) is 7.95. The van der Waals surface area contributed by atoms with Crippen LogP contribution in [0.4, 0.5) is 8.78 Å². The van der Waals surface area contributed by atoms with E-state index in [-0.39, 0.29) is 11.1 Å². The highest BCUT2D eigenvalue weighted by Crippen LogP contribution is 2.28. The molecule has 1 rings (SSSR count). The van der Waals surface area contributed by atoms with Gasteiger partial charge in [0.25, 0.3) is 5.92 Å². The van der Waals surface area contributed by atoms with Crippen LogP contribution in [-0.2, 0) is 10.7 Å². The van der Waals surface area contributed by atoms with Crippen molar-refractivity contribution in [2.45, 2.75) is 19.0 Å². The van der Waals surface area contributed by atoms with Gasteiger partial charge in [-0.05, 0) is 11.6 Å². The molecule has 0 heterocycles. The van der Waals surface area contributed by atoms with Gasteiger partial charge in [-0.3, -0.25) is 0 Å². The lowest BCUT2D eigenvalue weighted by atomic mass is 10.0. The summed E-state index contributed by atoms with van der Waals surface area (Å²) in [5, 5.41) is 17.6. The van der Waals surface area contributed by atoms with E-state index >= 15 is 0 Å². The summed E-state index contributed by atoms with van der Waals surface area (Å²) >= 11 is 0. The number of benzene rings is 1. The Balaban J connectivity index is 3.08. The van der Waals surface area contributed by atoms with Gasteiger partial charge in [0.05, 0.1) is 0 Å². The number of aliphatic hydroxyl groups is 1. The molecule has 82 valence electrons. The average Bonchev–Trinajstić information content (AvgIpc) is 2.15. The number of aliphatic hydroxyl groups excluding tert-OH is 1. The fourth-order valence-corrected chi connectivity index (χ4v) is 1.12. The Labute approximate surface area is 85.0 Å². The van der Waals surface area contributed by atoms with Crippen LogP contribution in [-0.4, -0.2) is 16.2 Å². The third-order valence-electron chi connectivity index (χ3n) is 1.94. The topological polar surface area (TPSA) is 57.5 Å². The first-order chi connectivity index (χ1) is 6.82. The molecule has 0 spiro atoms. The molecular weight excluding hydrogens is 206 g/mol. The molecule has 0 aromatic heterocycles. The Bertz CT molecular complexity index is 371. The zero-order chi connectivity index (χ0) is 11.6. The number of rotatable bonds is 3. The van der Waals surface area contributed by atoms with Crippen molar-refractivity contribution in [3.05, 3.63) is 35.4 Å². The molecule has 0 fully saturated rings. The summed E-state index contributed by atoms with van der Waals surface area (Å²) in [6, 6.07) is 4.74. The number of hydrogen-bond acceptors (Lipinski definition) is 2. The number of halogens is 2. The summed E-state index contributed by atoms with van der Waals surface area (Å²) in [4.78, 5) is 10.4. The standard InChI is InChI=1S/C10H10F2O3/c1-10(11,12)7-4-2-3-6(5-7)8(13)9(14)15/h2-5,8,13H,1H3,(H,14,15). The molecule has 0 amide bonds. The number of hydrogen-bond donors (Lipinski definition) is 2. The van der Waals surface area contributed by atoms with E-state index in [9.17, 15) is 13.6 Å². The minimum Gasteiger partial charge on any atom is -0.479 e. The lowest BCUT2D eigenvalue weighted by molar-refractivity contribution is -0.147. The summed E-state index contributed by atoms with van der Waals surface area (Å²) in [5.41, 5.74) is -0.373. The third kappa shape index (κ3) is 2.73. The number of carbonyl (C=O) groups is 1. The lowest BCUT2D eigenvalue weighted by Gasteiger charge is -2.13. The van der Waals surface area contributed by atoms with Gasteiger partial charge in [-0.2, -0.15) is 0 Å². The summed E-state index contributed by atoms with van der Waals surface area (Å²) < 4.78 is 25.7. The van der Waals surface area contributed by atoms with E-state index in [1.165, 1.54) is 18.2 Å². The van der Waals surface area contributed by atoms with Gasteiger partial charge < -0.3 is 10.2 Å². The van der Waals surface area contributed by atoms with Crippen LogP contribution >= 0.6 is 0 Å². The highest BCUT2D eigenvalue weighted by atomic mass is 19.3. The Kier molecular flexibility index (Phi) is 3.04. The van der Waals surface area contributed by atoms with Gasteiger partial charge in [-0.1, -0.05) is 18.2 Å². The molecule has 0 bridgehead atoms. The van der Waals surface area contributed by atoms with Crippen LogP contribution in [0, 0.1) is 0 Å². The fourth-order valence-electron chi connectivity index (χ4n) is 1.12. The molecule has 0 saturated heterocycles. The normalized spacial score (nSPS) is 13.6. The zero-order valence-corrected chi connectivity index (χ0v) is 7.95. The maximum Gasteiger partial charge on any atom is 0.337 e. The van der Waals surface area contributed by atoms with Crippen LogP contribution in [0.2, 0.25) is 0 Å².